The fourth-order valence-electron chi connectivity index (χ4n) is 0.629. The van der Waals surface area contributed by atoms with Crippen molar-refractivity contribution >= 4 is 34.6 Å². The van der Waals surface area contributed by atoms with E-state index in [4.69, 9.17) is 34.3 Å². The summed E-state index contributed by atoms with van der Waals surface area (Å²) in [7, 11) is 0. The first-order valence-corrected chi connectivity index (χ1v) is 3.50. The van der Waals surface area contributed by atoms with Crippen LogP contribution in [0.2, 0.25) is 10.0 Å². The maximum Gasteiger partial charge on any atom is 0.388 e. The first-order valence-electron chi connectivity index (χ1n) is 2.74. The van der Waals surface area contributed by atoms with Gasteiger partial charge < -0.3 is 5.73 Å². The van der Waals surface area contributed by atoms with Crippen LogP contribution in [-0.4, -0.2) is 0 Å². The summed E-state index contributed by atoms with van der Waals surface area (Å²) in [6.45, 7) is 0. The van der Waals surface area contributed by atoms with E-state index >= 15 is 0 Å². The summed E-state index contributed by atoms with van der Waals surface area (Å²) in [4.78, 5) is 2.91. The number of rotatable bonds is 0. The average Bonchev–Trinajstić information content (AvgIpc) is 1.99. The van der Waals surface area contributed by atoms with Crippen molar-refractivity contribution < 1.29 is 0 Å². The molecule has 0 atom stereocenters. The Morgan fingerprint density at radius 2 is 1.73 bits per heavy atom. The van der Waals surface area contributed by atoms with Crippen LogP contribution in [0.25, 0.3) is 4.98 Å². The molecular formula is C6H4Cl2N3+. The zero-order valence-corrected chi connectivity index (χ0v) is 6.89. The lowest BCUT2D eigenvalue weighted by Crippen LogP contribution is -1.86. The predicted molar refractivity (Wildman–Crippen MR) is 45.6 cm³/mol. The quantitative estimate of drug-likeness (QED) is 0.503. The van der Waals surface area contributed by atoms with E-state index in [1.54, 1.807) is 0 Å². The lowest BCUT2D eigenvalue weighted by Gasteiger charge is -1.95. The average molecular weight is 189 g/mol. The van der Waals surface area contributed by atoms with Gasteiger partial charge in [-0.05, 0) is 0 Å². The Kier molecular flexibility index (Phi) is 2.18. The van der Waals surface area contributed by atoms with Crippen molar-refractivity contribution in [3.63, 3.8) is 0 Å². The van der Waals surface area contributed by atoms with Crippen LogP contribution in [0.3, 0.4) is 0 Å². The number of anilines is 1. The van der Waals surface area contributed by atoms with Gasteiger partial charge in [0.05, 0.1) is 27.9 Å². The molecule has 0 saturated carbocycles. The van der Waals surface area contributed by atoms with Crippen LogP contribution in [-0.2, 0) is 0 Å². The molecule has 0 fully saturated rings. The van der Waals surface area contributed by atoms with E-state index in [9.17, 15) is 0 Å². The topological polar surface area (TPSA) is 54.2 Å². The van der Waals surface area contributed by atoms with Gasteiger partial charge >= 0.3 is 5.69 Å². The lowest BCUT2D eigenvalue weighted by atomic mass is 10.3. The van der Waals surface area contributed by atoms with Crippen molar-refractivity contribution in [3.05, 3.63) is 27.2 Å². The van der Waals surface area contributed by atoms with Gasteiger partial charge in [0.25, 0.3) is 0 Å². The largest absolute Gasteiger partial charge is 0.396 e. The molecule has 3 nitrogen and oxygen atoms in total. The second-order valence-corrected chi connectivity index (χ2v) is 2.74. The van der Waals surface area contributed by atoms with Gasteiger partial charge in [-0.1, -0.05) is 23.2 Å². The van der Waals surface area contributed by atoms with Gasteiger partial charge in [0.2, 0.25) is 5.39 Å². The van der Waals surface area contributed by atoms with Crippen LogP contribution in [0.1, 0.15) is 0 Å². The van der Waals surface area contributed by atoms with Gasteiger partial charge in [-0.2, -0.15) is 0 Å². The minimum Gasteiger partial charge on any atom is -0.396 e. The summed E-state index contributed by atoms with van der Waals surface area (Å²) in [5, 5.41) is 8.91. The van der Waals surface area contributed by atoms with Crippen molar-refractivity contribution in [2.75, 3.05) is 5.73 Å². The Hall–Kier alpha value is -0.980. The molecule has 0 aromatic heterocycles. The van der Waals surface area contributed by atoms with Gasteiger partial charge in [0.15, 0.2) is 4.98 Å². The first-order chi connectivity index (χ1) is 5.15. The van der Waals surface area contributed by atoms with Crippen LogP contribution in [0.5, 0.6) is 0 Å². The summed E-state index contributed by atoms with van der Waals surface area (Å²) < 4.78 is 0. The Balaban J connectivity index is 3.35. The summed E-state index contributed by atoms with van der Waals surface area (Å²) in [6, 6.07) is 2.84. The van der Waals surface area contributed by atoms with Crippen LogP contribution in [0, 0.1) is 5.39 Å². The monoisotopic (exact) mass is 188 g/mol. The molecule has 0 unspecified atom stereocenters. The van der Waals surface area contributed by atoms with Crippen molar-refractivity contribution in [2.24, 2.45) is 0 Å². The van der Waals surface area contributed by atoms with Gasteiger partial charge in [-0.25, -0.2) is 0 Å². The van der Waals surface area contributed by atoms with Crippen LogP contribution < -0.4 is 5.73 Å². The van der Waals surface area contributed by atoms with Crippen LogP contribution >= 0.6 is 23.2 Å². The highest BCUT2D eigenvalue weighted by molar-refractivity contribution is 6.39. The number of hydrogen-bond donors (Lipinski definition) is 1. The third-order valence-electron chi connectivity index (χ3n) is 1.18. The van der Waals surface area contributed by atoms with Gasteiger partial charge in [0.1, 0.15) is 0 Å². The minimum absolute atomic E-state index is 0.283. The Bertz CT molecular complexity index is 306. The molecule has 0 bridgehead atoms. The third-order valence-corrected chi connectivity index (χ3v) is 1.80. The van der Waals surface area contributed by atoms with Gasteiger partial charge in [-0.15, -0.1) is 0 Å². The molecule has 0 spiro atoms. The van der Waals surface area contributed by atoms with Crippen LogP contribution in [0.4, 0.5) is 11.4 Å². The van der Waals surface area contributed by atoms with E-state index in [1.165, 1.54) is 12.1 Å². The zero-order valence-electron chi connectivity index (χ0n) is 5.38. The molecule has 0 aliphatic carbocycles. The van der Waals surface area contributed by atoms with Crippen molar-refractivity contribution in [1.82, 2.24) is 0 Å². The van der Waals surface area contributed by atoms with E-state index in [0.29, 0.717) is 5.69 Å². The second-order valence-electron chi connectivity index (χ2n) is 1.92. The summed E-state index contributed by atoms with van der Waals surface area (Å²) >= 11 is 11.2. The fraction of sp³-hybridized carbons (Fsp3) is 0. The third kappa shape index (κ3) is 1.53. The highest BCUT2D eigenvalue weighted by Gasteiger charge is 2.11. The zero-order chi connectivity index (χ0) is 8.43. The van der Waals surface area contributed by atoms with E-state index < -0.39 is 0 Å². The molecule has 1 rings (SSSR count). The molecular weight excluding hydrogens is 185 g/mol. The van der Waals surface area contributed by atoms with E-state index in [0.717, 1.165) is 0 Å². The predicted octanol–water partition coefficient (Wildman–Crippen LogP) is 3.06. The molecule has 0 aliphatic rings. The molecule has 1 aromatic carbocycles. The highest BCUT2D eigenvalue weighted by Crippen LogP contribution is 2.32. The number of hydrogen-bond acceptors (Lipinski definition) is 2. The maximum absolute atomic E-state index is 8.34. The molecule has 0 heterocycles. The molecule has 0 saturated heterocycles. The van der Waals surface area contributed by atoms with E-state index in [2.05, 4.69) is 4.98 Å². The van der Waals surface area contributed by atoms with Crippen molar-refractivity contribution in [2.45, 2.75) is 0 Å². The molecule has 2 N–H and O–H groups in total. The Labute approximate surface area is 73.3 Å². The number of halogens is 2. The second kappa shape index (κ2) is 2.95. The summed E-state index contributed by atoms with van der Waals surface area (Å²) in [5.74, 6) is 0. The van der Waals surface area contributed by atoms with Crippen molar-refractivity contribution in [3.8, 4) is 0 Å². The van der Waals surface area contributed by atoms with E-state index in [1.807, 2.05) is 0 Å². The normalized spacial score (nSPS) is 9.18. The Morgan fingerprint density at radius 3 is 2.09 bits per heavy atom. The number of nitrogens with zero attached hydrogens (tertiary/aromatic N) is 2. The first kappa shape index (κ1) is 8.12. The fourth-order valence-corrected chi connectivity index (χ4v) is 1.10. The van der Waals surface area contributed by atoms with Crippen LogP contribution in [0.15, 0.2) is 12.1 Å². The molecule has 11 heavy (non-hydrogen) atoms. The standard InChI is InChI=1S/C6H4Cl2N3/c7-4-1-3(11-10)2-5(8)6(4)9/h1-2H,9H2/q+1. The van der Waals surface area contributed by atoms with Crippen molar-refractivity contribution in [1.29, 1.82) is 5.39 Å². The summed E-state index contributed by atoms with van der Waals surface area (Å²) in [5.41, 5.74) is 6.00. The number of nitrogens with two attached hydrogens (primary N) is 1. The molecule has 1 aromatic rings. The Morgan fingerprint density at radius 1 is 1.27 bits per heavy atom. The summed E-state index contributed by atoms with van der Waals surface area (Å²) in [6.07, 6.45) is 0. The lowest BCUT2D eigenvalue weighted by molar-refractivity contribution is 1.46. The number of diazo groups is 1. The smallest absolute Gasteiger partial charge is 0.388 e. The molecule has 0 radical (unpaired) electrons. The van der Waals surface area contributed by atoms with Gasteiger partial charge in [0, 0.05) is 0 Å². The maximum atomic E-state index is 8.34. The molecule has 5 heteroatoms. The number of nitrogen functional groups attached to an aromatic ring is 1. The molecule has 0 aliphatic heterocycles. The van der Waals surface area contributed by atoms with Gasteiger partial charge in [-0.3, -0.25) is 0 Å². The minimum atomic E-state index is 0.283. The van der Waals surface area contributed by atoms with E-state index in [-0.39, 0.29) is 15.7 Å². The molecule has 0 amide bonds. The highest BCUT2D eigenvalue weighted by atomic mass is 35.5. The SMILES string of the molecule is N#[N+]c1cc(Cl)c(N)c(Cl)c1. The molecule has 56 valence electrons. The number of benzene rings is 1.